The van der Waals surface area contributed by atoms with Crippen LogP contribution >= 0.6 is 23.2 Å². The van der Waals surface area contributed by atoms with Gasteiger partial charge >= 0.3 is 0 Å². The molecule has 1 rings (SSSR count). The molecule has 4 N–H and O–H groups in total. The van der Waals surface area contributed by atoms with Gasteiger partial charge in [0.1, 0.15) is 0 Å². The van der Waals surface area contributed by atoms with Crippen molar-refractivity contribution in [1.29, 1.82) is 0 Å². The summed E-state index contributed by atoms with van der Waals surface area (Å²) < 4.78 is 0. The van der Waals surface area contributed by atoms with Gasteiger partial charge in [-0.3, -0.25) is 0 Å². The van der Waals surface area contributed by atoms with Crippen molar-refractivity contribution in [1.82, 2.24) is 5.32 Å². The molecule has 0 heterocycles. The van der Waals surface area contributed by atoms with Crippen LogP contribution in [0.4, 0.5) is 0 Å². The summed E-state index contributed by atoms with van der Waals surface area (Å²) in [6, 6.07) is 5.38. The van der Waals surface area contributed by atoms with Crippen LogP contribution < -0.4 is 11.1 Å². The van der Waals surface area contributed by atoms with Gasteiger partial charge in [-0.1, -0.05) is 29.3 Å². The highest BCUT2D eigenvalue weighted by atomic mass is 35.5. The zero-order valence-corrected chi connectivity index (χ0v) is 11.1. The molecule has 0 amide bonds. The van der Waals surface area contributed by atoms with E-state index in [0.717, 1.165) is 24.9 Å². The van der Waals surface area contributed by atoms with E-state index in [-0.39, 0.29) is 12.6 Å². The number of halogens is 2. The Morgan fingerprint density at radius 3 is 2.41 bits per heavy atom. The molecule has 0 aromatic heterocycles. The predicted molar refractivity (Wildman–Crippen MR) is 72.6 cm³/mol. The monoisotopic (exact) mass is 276 g/mol. The summed E-state index contributed by atoms with van der Waals surface area (Å²) >= 11 is 12.2. The Bertz CT molecular complexity index is 327. The zero-order valence-electron chi connectivity index (χ0n) is 9.63. The van der Waals surface area contributed by atoms with Crippen LogP contribution in [-0.2, 0) is 0 Å². The van der Waals surface area contributed by atoms with Crippen LogP contribution in [0.3, 0.4) is 0 Å². The largest absolute Gasteiger partial charge is 0.396 e. The summed E-state index contributed by atoms with van der Waals surface area (Å²) in [4.78, 5) is 0. The van der Waals surface area contributed by atoms with E-state index < -0.39 is 0 Å². The van der Waals surface area contributed by atoms with Gasteiger partial charge in [-0.2, -0.15) is 0 Å². The van der Waals surface area contributed by atoms with Crippen LogP contribution in [0, 0.1) is 0 Å². The van der Waals surface area contributed by atoms with Crippen LogP contribution in [0.1, 0.15) is 24.4 Å². The smallest absolute Gasteiger partial charge is 0.0474 e. The van der Waals surface area contributed by atoms with E-state index in [9.17, 15) is 0 Å². The molecule has 0 aliphatic rings. The maximum Gasteiger partial charge on any atom is 0.0474 e. The minimum absolute atomic E-state index is 0.0464. The molecule has 0 aliphatic carbocycles. The highest BCUT2D eigenvalue weighted by molar-refractivity contribution is 6.36. The molecule has 1 aromatic rings. The van der Waals surface area contributed by atoms with E-state index in [0.29, 0.717) is 16.6 Å². The summed E-state index contributed by atoms with van der Waals surface area (Å²) in [6.07, 6.45) is 1.68. The van der Waals surface area contributed by atoms with Crippen LogP contribution in [0.5, 0.6) is 0 Å². The number of hydrogen-bond acceptors (Lipinski definition) is 3. The fourth-order valence-electron chi connectivity index (χ4n) is 1.66. The van der Waals surface area contributed by atoms with Gasteiger partial charge < -0.3 is 16.2 Å². The van der Waals surface area contributed by atoms with Crippen molar-refractivity contribution in [2.45, 2.75) is 18.9 Å². The maximum atomic E-state index is 8.70. The number of aliphatic hydroxyl groups excluding tert-OH is 1. The average Bonchev–Trinajstić information content (AvgIpc) is 2.31. The molecule has 96 valence electrons. The molecule has 0 saturated heterocycles. The number of rotatable bonds is 7. The summed E-state index contributed by atoms with van der Waals surface area (Å²) in [7, 11) is 0. The Kier molecular flexibility index (Phi) is 6.85. The third kappa shape index (κ3) is 4.45. The second kappa shape index (κ2) is 7.90. The third-order valence-electron chi connectivity index (χ3n) is 2.56. The molecule has 1 unspecified atom stereocenters. The van der Waals surface area contributed by atoms with E-state index in [2.05, 4.69) is 5.32 Å². The van der Waals surface area contributed by atoms with Gasteiger partial charge in [-0.15, -0.1) is 0 Å². The van der Waals surface area contributed by atoms with Gasteiger partial charge in [0.05, 0.1) is 0 Å². The summed E-state index contributed by atoms with van der Waals surface area (Å²) in [5, 5.41) is 13.3. The van der Waals surface area contributed by atoms with Gasteiger partial charge in [0, 0.05) is 34.8 Å². The minimum atomic E-state index is -0.0464. The van der Waals surface area contributed by atoms with Gasteiger partial charge in [0.2, 0.25) is 0 Å². The molecule has 1 aromatic carbocycles. The molecule has 17 heavy (non-hydrogen) atoms. The van der Waals surface area contributed by atoms with E-state index in [1.807, 2.05) is 6.07 Å². The fraction of sp³-hybridized carbons (Fsp3) is 0.500. The van der Waals surface area contributed by atoms with E-state index >= 15 is 0 Å². The first kappa shape index (κ1) is 14.7. The van der Waals surface area contributed by atoms with Crippen LogP contribution in [0.25, 0.3) is 0 Å². The second-order valence-corrected chi connectivity index (χ2v) is 4.62. The number of aliphatic hydroxyl groups is 1. The lowest BCUT2D eigenvalue weighted by atomic mass is 10.1. The Morgan fingerprint density at radius 2 is 1.88 bits per heavy atom. The molecule has 5 heteroatoms. The standard InChI is InChI=1S/C12H18Cl2N2O/c13-9-4-3-5-10(14)12(9)11(8-15)16-6-1-2-7-17/h3-5,11,16-17H,1-2,6-8,15H2. The van der Waals surface area contributed by atoms with Crippen molar-refractivity contribution in [3.63, 3.8) is 0 Å². The Labute approximate surface area is 112 Å². The van der Waals surface area contributed by atoms with Crippen molar-refractivity contribution >= 4 is 23.2 Å². The SMILES string of the molecule is NCC(NCCCCO)c1c(Cl)cccc1Cl. The molecule has 0 saturated carbocycles. The lowest BCUT2D eigenvalue weighted by molar-refractivity contribution is 0.282. The van der Waals surface area contributed by atoms with Crippen LogP contribution in [-0.4, -0.2) is 24.8 Å². The summed E-state index contributed by atoms with van der Waals surface area (Å²) in [5.41, 5.74) is 6.58. The molecule has 3 nitrogen and oxygen atoms in total. The highest BCUT2D eigenvalue weighted by Crippen LogP contribution is 2.29. The molecule has 0 spiro atoms. The first-order chi connectivity index (χ1) is 8.20. The molecular weight excluding hydrogens is 259 g/mol. The molecule has 0 radical (unpaired) electrons. The van der Waals surface area contributed by atoms with Crippen LogP contribution in [0.15, 0.2) is 18.2 Å². The predicted octanol–water partition coefficient (Wildman–Crippen LogP) is 2.36. The number of nitrogens with one attached hydrogen (secondary N) is 1. The number of hydrogen-bond donors (Lipinski definition) is 3. The average molecular weight is 277 g/mol. The van der Waals surface area contributed by atoms with Crippen molar-refractivity contribution < 1.29 is 5.11 Å². The van der Waals surface area contributed by atoms with Gasteiger partial charge in [0.15, 0.2) is 0 Å². The van der Waals surface area contributed by atoms with E-state index in [1.54, 1.807) is 12.1 Å². The lowest BCUT2D eigenvalue weighted by Gasteiger charge is -2.19. The molecule has 0 fully saturated rings. The number of benzene rings is 1. The van der Waals surface area contributed by atoms with Crippen LogP contribution in [0.2, 0.25) is 10.0 Å². The Morgan fingerprint density at radius 1 is 1.24 bits per heavy atom. The van der Waals surface area contributed by atoms with Crippen molar-refractivity contribution in [3.8, 4) is 0 Å². The topological polar surface area (TPSA) is 58.3 Å². The van der Waals surface area contributed by atoms with Crippen molar-refractivity contribution in [3.05, 3.63) is 33.8 Å². The fourth-order valence-corrected chi connectivity index (χ4v) is 2.32. The van der Waals surface area contributed by atoms with Gasteiger partial charge in [-0.05, 0) is 31.5 Å². The molecule has 0 bridgehead atoms. The molecule has 0 aliphatic heterocycles. The lowest BCUT2D eigenvalue weighted by Crippen LogP contribution is -2.29. The molecular formula is C12H18Cl2N2O. The van der Waals surface area contributed by atoms with Crippen molar-refractivity contribution in [2.24, 2.45) is 5.73 Å². The Balaban J connectivity index is 2.66. The third-order valence-corrected chi connectivity index (χ3v) is 3.22. The first-order valence-corrected chi connectivity index (χ1v) is 6.44. The maximum absolute atomic E-state index is 8.70. The van der Waals surface area contributed by atoms with Gasteiger partial charge in [0.25, 0.3) is 0 Å². The minimum Gasteiger partial charge on any atom is -0.396 e. The van der Waals surface area contributed by atoms with E-state index in [4.69, 9.17) is 34.0 Å². The Hall–Kier alpha value is -0.320. The zero-order chi connectivity index (χ0) is 12.7. The first-order valence-electron chi connectivity index (χ1n) is 5.69. The quantitative estimate of drug-likeness (QED) is 0.670. The molecule has 1 atom stereocenters. The summed E-state index contributed by atoms with van der Waals surface area (Å²) in [5.74, 6) is 0. The second-order valence-electron chi connectivity index (χ2n) is 3.81. The summed E-state index contributed by atoms with van der Waals surface area (Å²) in [6.45, 7) is 1.42. The highest BCUT2D eigenvalue weighted by Gasteiger charge is 2.15. The number of nitrogens with two attached hydrogens (primary N) is 1. The normalized spacial score (nSPS) is 12.7. The van der Waals surface area contributed by atoms with Crippen molar-refractivity contribution in [2.75, 3.05) is 19.7 Å². The van der Waals surface area contributed by atoms with E-state index in [1.165, 1.54) is 0 Å². The number of unbranched alkanes of at least 4 members (excludes halogenated alkanes) is 1. The van der Waals surface area contributed by atoms with Gasteiger partial charge in [-0.25, -0.2) is 0 Å².